The summed E-state index contributed by atoms with van der Waals surface area (Å²) in [6, 6.07) is 16.2. The predicted molar refractivity (Wildman–Crippen MR) is 112 cm³/mol. The third-order valence-electron chi connectivity index (χ3n) is 4.65. The third kappa shape index (κ3) is 4.01. The van der Waals surface area contributed by atoms with Crippen molar-refractivity contribution in [2.24, 2.45) is 0 Å². The molecule has 0 bridgehead atoms. The first-order chi connectivity index (χ1) is 13.2. The fraction of sp³-hybridized carbons (Fsp3) is 0.238. The molecule has 2 aromatic carbocycles. The number of carbonyl (C=O) groups excluding carboxylic acids is 1. The fourth-order valence-corrected chi connectivity index (χ4v) is 3.94. The van der Waals surface area contributed by atoms with Crippen LogP contribution in [0, 0.1) is 0 Å². The molecule has 0 radical (unpaired) electrons. The average Bonchev–Trinajstić information content (AvgIpc) is 3.30. The molecule has 0 spiro atoms. The van der Waals surface area contributed by atoms with E-state index in [2.05, 4.69) is 39.3 Å². The summed E-state index contributed by atoms with van der Waals surface area (Å²) in [5, 5.41) is 4.37. The first-order valence-electron chi connectivity index (χ1n) is 9.08. The van der Waals surface area contributed by atoms with Crippen molar-refractivity contribution in [2.45, 2.75) is 18.6 Å². The van der Waals surface area contributed by atoms with Crippen LogP contribution in [0.4, 0.5) is 0 Å². The van der Waals surface area contributed by atoms with Crippen molar-refractivity contribution < 1.29 is 4.79 Å². The minimum Gasteiger partial charge on any atom is -0.361 e. The second-order valence-corrected chi connectivity index (χ2v) is 7.88. The van der Waals surface area contributed by atoms with Gasteiger partial charge in [-0.2, -0.15) is 0 Å². The number of carbonyl (C=O) groups is 1. The van der Waals surface area contributed by atoms with Gasteiger partial charge in [0.1, 0.15) is 5.82 Å². The topological polar surface area (TPSA) is 73.6 Å². The van der Waals surface area contributed by atoms with E-state index in [1.807, 2.05) is 42.6 Å². The number of benzene rings is 2. The summed E-state index contributed by atoms with van der Waals surface area (Å²) >= 11 is 1.59. The quantitative estimate of drug-likeness (QED) is 0.451. The number of para-hydroxylation sites is 3. The van der Waals surface area contributed by atoms with Gasteiger partial charge in [0.2, 0.25) is 5.91 Å². The van der Waals surface area contributed by atoms with E-state index in [9.17, 15) is 4.79 Å². The van der Waals surface area contributed by atoms with Gasteiger partial charge in [-0.3, -0.25) is 4.79 Å². The molecule has 0 fully saturated rings. The summed E-state index contributed by atoms with van der Waals surface area (Å²) < 4.78 is 0. The lowest BCUT2D eigenvalue weighted by Gasteiger charge is -2.09. The fourth-order valence-electron chi connectivity index (χ4n) is 3.17. The summed E-state index contributed by atoms with van der Waals surface area (Å²) in [5.74, 6) is 1.39. The number of H-pyrrole nitrogens is 2. The molecule has 5 nitrogen and oxygen atoms in total. The Bertz CT molecular complexity index is 1040. The molecule has 1 atom stereocenters. The molecule has 6 heteroatoms. The van der Waals surface area contributed by atoms with Gasteiger partial charge < -0.3 is 15.3 Å². The Kier molecular flexibility index (Phi) is 5.16. The van der Waals surface area contributed by atoms with Gasteiger partial charge in [0.15, 0.2) is 0 Å². The summed E-state index contributed by atoms with van der Waals surface area (Å²) in [7, 11) is 0. The highest BCUT2D eigenvalue weighted by Gasteiger charge is 2.13. The summed E-state index contributed by atoms with van der Waals surface area (Å²) in [4.78, 5) is 23.4. The van der Waals surface area contributed by atoms with Gasteiger partial charge in [0, 0.05) is 23.6 Å². The molecule has 0 saturated heterocycles. The van der Waals surface area contributed by atoms with Crippen LogP contribution in [-0.4, -0.2) is 33.2 Å². The lowest BCUT2D eigenvalue weighted by atomic mass is 10.1. The van der Waals surface area contributed by atoms with Crippen LogP contribution in [0.15, 0.2) is 54.7 Å². The van der Waals surface area contributed by atoms with Crippen LogP contribution < -0.4 is 5.32 Å². The van der Waals surface area contributed by atoms with E-state index < -0.39 is 0 Å². The summed E-state index contributed by atoms with van der Waals surface area (Å²) in [5.41, 5.74) is 4.36. The van der Waals surface area contributed by atoms with E-state index in [1.54, 1.807) is 11.8 Å². The Balaban J connectivity index is 1.25. The van der Waals surface area contributed by atoms with E-state index in [0.29, 0.717) is 12.3 Å². The highest BCUT2D eigenvalue weighted by atomic mass is 32.2. The van der Waals surface area contributed by atoms with Crippen molar-refractivity contribution in [2.75, 3.05) is 12.3 Å². The zero-order chi connectivity index (χ0) is 18.6. The van der Waals surface area contributed by atoms with Crippen molar-refractivity contribution in [3.8, 4) is 0 Å². The molecule has 1 amide bonds. The largest absolute Gasteiger partial charge is 0.361 e. The van der Waals surface area contributed by atoms with Gasteiger partial charge in [-0.15, -0.1) is 11.8 Å². The highest BCUT2D eigenvalue weighted by Crippen LogP contribution is 2.27. The van der Waals surface area contributed by atoms with E-state index in [4.69, 9.17) is 0 Å². The monoisotopic (exact) mass is 378 g/mol. The van der Waals surface area contributed by atoms with Crippen LogP contribution in [-0.2, 0) is 11.2 Å². The maximum atomic E-state index is 12.2. The number of aromatic nitrogens is 3. The zero-order valence-corrected chi connectivity index (χ0v) is 16.0. The number of nitrogens with one attached hydrogen (secondary N) is 3. The standard InChI is InChI=1S/C21H22N4OS/c1-14(21-24-18-8-4-5-9-19(18)25-21)27-13-20(26)22-11-10-15-12-23-17-7-3-2-6-16(15)17/h2-9,12,14,23H,10-11,13H2,1H3,(H,22,26)(H,24,25). The Hall–Kier alpha value is -2.73. The third-order valence-corrected chi connectivity index (χ3v) is 5.80. The molecule has 0 aliphatic heterocycles. The van der Waals surface area contributed by atoms with Gasteiger partial charge >= 0.3 is 0 Å². The number of fused-ring (bicyclic) bond motifs is 2. The van der Waals surface area contributed by atoms with Gasteiger partial charge in [-0.25, -0.2) is 4.98 Å². The van der Waals surface area contributed by atoms with E-state index in [0.717, 1.165) is 28.8 Å². The Morgan fingerprint density at radius 2 is 1.93 bits per heavy atom. The van der Waals surface area contributed by atoms with Crippen LogP contribution >= 0.6 is 11.8 Å². The maximum Gasteiger partial charge on any atom is 0.230 e. The molecular formula is C21H22N4OS. The van der Waals surface area contributed by atoms with Crippen LogP contribution in [0.1, 0.15) is 23.6 Å². The van der Waals surface area contributed by atoms with Crippen molar-refractivity contribution in [3.05, 3.63) is 66.1 Å². The Labute approximate surface area is 162 Å². The molecule has 0 aliphatic rings. The number of hydrogen-bond donors (Lipinski definition) is 3. The molecular weight excluding hydrogens is 356 g/mol. The second kappa shape index (κ2) is 7.88. The van der Waals surface area contributed by atoms with Crippen LogP contribution in [0.3, 0.4) is 0 Å². The van der Waals surface area contributed by atoms with Gasteiger partial charge in [0.25, 0.3) is 0 Å². The van der Waals surface area contributed by atoms with Crippen molar-refractivity contribution in [1.82, 2.24) is 20.3 Å². The molecule has 2 heterocycles. The van der Waals surface area contributed by atoms with Gasteiger partial charge in [0.05, 0.1) is 22.0 Å². The maximum absolute atomic E-state index is 12.2. The van der Waals surface area contributed by atoms with E-state index >= 15 is 0 Å². The van der Waals surface area contributed by atoms with Crippen molar-refractivity contribution in [3.63, 3.8) is 0 Å². The van der Waals surface area contributed by atoms with Crippen LogP contribution in [0.25, 0.3) is 21.9 Å². The van der Waals surface area contributed by atoms with Crippen LogP contribution in [0.2, 0.25) is 0 Å². The summed E-state index contributed by atoms with van der Waals surface area (Å²) in [6.45, 7) is 2.71. The smallest absolute Gasteiger partial charge is 0.230 e. The lowest BCUT2D eigenvalue weighted by Crippen LogP contribution is -2.27. The molecule has 138 valence electrons. The molecule has 2 aromatic heterocycles. The predicted octanol–water partition coefficient (Wildman–Crippen LogP) is 4.20. The van der Waals surface area contributed by atoms with Gasteiger partial charge in [-0.05, 0) is 37.1 Å². The highest BCUT2D eigenvalue weighted by molar-refractivity contribution is 8.00. The van der Waals surface area contributed by atoms with Crippen molar-refractivity contribution in [1.29, 1.82) is 0 Å². The average molecular weight is 379 g/mol. The molecule has 0 aliphatic carbocycles. The SMILES string of the molecule is CC(SCC(=O)NCCc1c[nH]c2ccccc12)c1nc2ccccc2[nH]1. The molecule has 0 saturated carbocycles. The van der Waals surface area contributed by atoms with Gasteiger partial charge in [-0.1, -0.05) is 30.3 Å². The molecule has 1 unspecified atom stereocenters. The molecule has 4 aromatic rings. The first kappa shape index (κ1) is 17.7. The van der Waals surface area contributed by atoms with Crippen LogP contribution in [0.5, 0.6) is 0 Å². The normalized spacial score (nSPS) is 12.5. The number of nitrogens with zero attached hydrogens (tertiary/aromatic N) is 1. The summed E-state index contributed by atoms with van der Waals surface area (Å²) in [6.07, 6.45) is 2.84. The molecule has 27 heavy (non-hydrogen) atoms. The number of imidazole rings is 1. The Morgan fingerprint density at radius 1 is 1.15 bits per heavy atom. The number of thioether (sulfide) groups is 1. The first-order valence-corrected chi connectivity index (χ1v) is 10.1. The second-order valence-electron chi connectivity index (χ2n) is 6.55. The zero-order valence-electron chi connectivity index (χ0n) is 15.2. The van der Waals surface area contributed by atoms with E-state index in [1.165, 1.54) is 10.9 Å². The number of amides is 1. The number of rotatable bonds is 7. The lowest BCUT2D eigenvalue weighted by molar-refractivity contribution is -0.118. The van der Waals surface area contributed by atoms with Crippen molar-refractivity contribution >= 4 is 39.6 Å². The Morgan fingerprint density at radius 3 is 2.78 bits per heavy atom. The van der Waals surface area contributed by atoms with E-state index in [-0.39, 0.29) is 11.2 Å². The minimum absolute atomic E-state index is 0.0582. The molecule has 3 N–H and O–H groups in total. The number of aromatic amines is 2. The molecule has 4 rings (SSSR count). The number of hydrogen-bond acceptors (Lipinski definition) is 3. The minimum atomic E-state index is 0.0582.